The number of nitrogens with two attached hydrogens (primary N) is 2. The maximum absolute atomic E-state index is 14.8. The van der Waals surface area contributed by atoms with Gasteiger partial charge >= 0.3 is 209 Å². The van der Waals surface area contributed by atoms with Gasteiger partial charge in [0, 0.05) is 89.0 Å². The zero-order valence-corrected chi connectivity index (χ0v) is 89.6. The quantitative estimate of drug-likeness (QED) is 0.0168. The van der Waals surface area contributed by atoms with Crippen molar-refractivity contribution in [3.63, 3.8) is 0 Å². The van der Waals surface area contributed by atoms with Gasteiger partial charge in [-0.3, -0.25) is 40.8 Å². The molecule has 8 N–H and O–H groups in total. The summed E-state index contributed by atoms with van der Waals surface area (Å²) in [5.41, 5.74) is 12.9. The van der Waals surface area contributed by atoms with Gasteiger partial charge in [-0.15, -0.1) is 55.6 Å². The van der Waals surface area contributed by atoms with Crippen molar-refractivity contribution in [2.24, 2.45) is 37.8 Å². The summed E-state index contributed by atoms with van der Waals surface area (Å²) in [6.07, 6.45) is 5.78. The number of rotatable bonds is 21. The number of nitrogens with zero attached hydrogens (tertiary/aromatic N) is 8. The number of carbonyl (C=O) groups is 4. The fourth-order valence-corrected chi connectivity index (χ4v) is 18.7. The molecule has 0 aliphatic heterocycles. The average molecular weight is 1980 g/mol. The van der Waals surface area contributed by atoms with Crippen LogP contribution in [0.2, 0.25) is 0 Å². The van der Waals surface area contributed by atoms with Crippen molar-refractivity contribution < 1.29 is 273 Å². The first kappa shape index (κ1) is 112. The summed E-state index contributed by atoms with van der Waals surface area (Å²) in [6, 6.07) is 43.0. The Morgan fingerprint density at radius 2 is 0.910 bits per heavy atom. The first-order valence-corrected chi connectivity index (χ1v) is 45.4. The first-order chi connectivity index (χ1) is 60.0. The van der Waals surface area contributed by atoms with Gasteiger partial charge in [0.05, 0.1) is 58.4 Å². The number of nitrogens with one attached hydrogen (secondary N) is 4. The fraction of sp³-hybridized carbons (Fsp3) is 0.229. The molecule has 2 fully saturated rings. The van der Waals surface area contributed by atoms with Crippen LogP contribution in [0.3, 0.4) is 0 Å². The van der Waals surface area contributed by atoms with Crippen molar-refractivity contribution in [1.82, 2.24) is 39.0 Å². The summed E-state index contributed by atoms with van der Waals surface area (Å²) in [6.45, 7) is 4.32. The summed E-state index contributed by atoms with van der Waals surface area (Å²) < 4.78 is 192. The summed E-state index contributed by atoms with van der Waals surface area (Å²) in [5.74, 6) is -0.986. The molecular weight excluding hydrogens is 1910 g/mol. The Bertz CT molecular complexity index is 7450. The van der Waals surface area contributed by atoms with E-state index in [2.05, 4.69) is 78.2 Å². The number of hydrogen-bond donors (Lipinski definition) is 6. The van der Waals surface area contributed by atoms with Gasteiger partial charge < -0.3 is 60.3 Å². The van der Waals surface area contributed by atoms with Crippen molar-refractivity contribution in [2.75, 3.05) is 32.7 Å². The normalized spacial score (nSPS) is 16.0. The summed E-state index contributed by atoms with van der Waals surface area (Å²) >= 11 is 0. The average Bonchev–Trinajstić information content (AvgIpc) is 0.710. The van der Waals surface area contributed by atoms with E-state index in [4.69, 9.17) is 54.3 Å². The second kappa shape index (κ2) is 47.1. The van der Waals surface area contributed by atoms with Gasteiger partial charge in [-0.1, -0.05) is 91.4 Å². The van der Waals surface area contributed by atoms with E-state index in [1.54, 1.807) is 72.8 Å². The van der Waals surface area contributed by atoms with Gasteiger partial charge in [0.1, 0.15) is 27.6 Å². The zero-order chi connectivity index (χ0) is 91.7. The van der Waals surface area contributed by atoms with Crippen molar-refractivity contribution in [1.29, 1.82) is 0 Å². The van der Waals surface area contributed by atoms with E-state index >= 15 is 0 Å². The Morgan fingerprint density at radius 1 is 0.474 bits per heavy atom. The largest absolute Gasteiger partial charge is 1.00 e. The smallest absolute Gasteiger partial charge is 0.754 e. The molecule has 0 radical (unpaired) electrons. The topological polar surface area (TPSA) is 615 Å². The molecule has 6 atom stereocenters. The maximum Gasteiger partial charge on any atom is 1.00 e. The Hall–Kier alpha value is -7.73. The van der Waals surface area contributed by atoms with Crippen LogP contribution >= 0.6 is 0 Å². The van der Waals surface area contributed by atoms with Gasteiger partial charge in [-0.05, 0) is 126 Å². The molecule has 0 spiro atoms. The molecule has 4 heterocycles. The van der Waals surface area contributed by atoms with Crippen molar-refractivity contribution >= 4 is 154 Å². The van der Waals surface area contributed by atoms with Crippen LogP contribution in [0.1, 0.15) is 145 Å². The van der Waals surface area contributed by atoms with E-state index in [0.717, 1.165) is 73.8 Å². The number of carbonyl (C=O) groups excluding carboxylic acids is 4. The predicted molar refractivity (Wildman–Crippen MR) is 451 cm³/mol. The Morgan fingerprint density at radius 3 is 1.35 bits per heavy atom. The Balaban J connectivity index is 0.00000127. The molecule has 8 aromatic carbocycles. The van der Waals surface area contributed by atoms with E-state index < -0.39 is 117 Å². The van der Waals surface area contributed by atoms with Crippen LogP contribution in [0.4, 0.5) is 46.5 Å². The van der Waals surface area contributed by atoms with Crippen LogP contribution < -0.4 is 221 Å². The van der Waals surface area contributed by atoms with Gasteiger partial charge in [-0.25, -0.2) is 8.42 Å². The van der Waals surface area contributed by atoms with Crippen molar-refractivity contribution in [3.05, 3.63) is 252 Å². The molecule has 4 aliphatic carbocycles. The van der Waals surface area contributed by atoms with Crippen LogP contribution in [-0.4, -0.2) is 151 Å². The molecule has 2 saturated carbocycles. The number of aromatic nitrogens is 8. The molecule has 133 heavy (non-hydrogen) atoms. The maximum atomic E-state index is 14.8. The molecule has 4 aromatic heterocycles. The number of nitrogen functional groups attached to an aromatic ring is 2. The Kier molecular flexibility index (Phi) is 39.7. The number of hydrogen-bond acceptors (Lipinski definition) is 36. The standard InChI is InChI=1S/C83H71N14O15S3.6Na.3O3S/c1-41-33-43(21-25-55(41)88-82-92-64(90-80(84)94-82)37-45-23-31-63(115(110,111)112)59(36-45)87-58-28-30-61-71-67(52-18-9-11-20-54(52)77(101)69(58)71)73(79(103)97(61)4)75(99)47-15-12-16-50(39-47)113(104,105)106)35-44-22-26-56(42(2)34-44)89-83-93-65(91-81(85)95-83)40-48-38-49(24-32-62(48)114(107,108)109)86-57-27-29-60-70-66(51-17-8-10-19-53(51)76(100)68(57)70)72(78(102)96(60)3)74(98)46-13-6-5-7-14-46;;;;;;;3*1-4(2)3/h5-6,8-20,27-32,36,38-39,41-44,55-56,86-87H,21-22,25-26,33-35,37,40H2,1-4H3,(H,104,105,106)(H,107,108,109)(H,110,111,112)(H3,84,88,90,92,94)(H3,85,89,91,93,95);;;;;;;;;/q-3;6*+1;;;/p-3. The van der Waals surface area contributed by atoms with Crippen LogP contribution in [0, 0.1) is 41.9 Å². The molecule has 0 bridgehead atoms. The summed E-state index contributed by atoms with van der Waals surface area (Å²) in [4.78, 5) is 112. The number of fused-ring (bicyclic) bond motifs is 4. The fourth-order valence-electron chi connectivity index (χ4n) is 17.0. The first-order valence-electron chi connectivity index (χ1n) is 38.2. The summed E-state index contributed by atoms with van der Waals surface area (Å²) in [5, 5.41) is 13.6. The minimum absolute atomic E-state index is 0. The molecule has 38 nitrogen and oxygen atoms in total. The number of pyridine rings is 2. The molecule has 0 amide bonds. The number of benzene rings is 8. The minimum atomic E-state index is -5.24. The van der Waals surface area contributed by atoms with E-state index in [-0.39, 0.29) is 350 Å². The molecule has 656 valence electrons. The third kappa shape index (κ3) is 25.8. The van der Waals surface area contributed by atoms with Gasteiger partial charge in [0.2, 0.25) is 23.8 Å². The van der Waals surface area contributed by atoms with Crippen LogP contribution in [0.25, 0.3) is 44.1 Å². The van der Waals surface area contributed by atoms with E-state index in [9.17, 15) is 67.7 Å². The number of ketones is 4. The number of aryl methyl sites for hydroxylation is 2. The van der Waals surface area contributed by atoms with Gasteiger partial charge in [0.25, 0.3) is 11.1 Å². The van der Waals surface area contributed by atoms with Crippen LogP contribution in [0.15, 0.2) is 170 Å². The second-order valence-electron chi connectivity index (χ2n) is 30.2. The van der Waals surface area contributed by atoms with Crippen LogP contribution in [-0.2, 0) is 89.1 Å². The SMILES string of the molecule is CC1CC(CC2CCC(Nc3nc(N)nc(Cc4cc(Nc5ccc6c7c5C(=O)c5ccccc5-c7c(C(=O)c5c[c-]ccc5)c(=O)n6C)[c-]cc4S(=O)(=O)[O-])n3)C(C)C2)CCC1Nc1nc(N)nc(Cc2[c-]cc(S(=O)(=O)[O-])c(Nc3ccc4c5c3C(=O)c3ccccc3-c5c(C(=O)c3cccc(S(=O)(=O)[O-])c3)c(=O)n4C)c2)n1.O=S(=O)=O.O=S(=O)=O.O=S(=O)=O.[Na+].[Na+].[Na+].[Na+].[Na+].[Na+]. The van der Waals surface area contributed by atoms with E-state index in [1.807, 2.05) is 0 Å². The van der Waals surface area contributed by atoms with Gasteiger partial charge in [-0.2, -0.15) is 90.1 Å². The third-order valence-electron chi connectivity index (χ3n) is 22.3. The summed E-state index contributed by atoms with van der Waals surface area (Å²) in [7, 11) is -21.8. The molecule has 16 rings (SSSR count). The Labute approximate surface area is 897 Å². The second-order valence-corrected chi connectivity index (χ2v) is 35.5. The third-order valence-corrected chi connectivity index (χ3v) is 24.9. The number of anilines is 8. The zero-order valence-electron chi connectivity index (χ0n) is 72.7. The molecule has 0 saturated heterocycles. The van der Waals surface area contributed by atoms with E-state index in [1.165, 1.54) is 67.2 Å². The van der Waals surface area contributed by atoms with Crippen molar-refractivity contribution in [2.45, 2.75) is 98.4 Å². The molecule has 4 aliphatic rings. The molecule has 12 aromatic rings. The van der Waals surface area contributed by atoms with E-state index in [0.29, 0.717) is 28.3 Å². The molecular formula is C83H68N14Na6O24S6. The monoisotopic (exact) mass is 1970 g/mol. The predicted octanol–water partition coefficient (Wildman–Crippen LogP) is -10.9. The molecule has 6 unspecified atom stereocenters. The minimum Gasteiger partial charge on any atom is -0.754 e. The molecule has 50 heteroatoms. The van der Waals surface area contributed by atoms with Crippen molar-refractivity contribution in [3.8, 4) is 22.3 Å². The van der Waals surface area contributed by atoms with Gasteiger partial charge in [0.15, 0.2) is 17.3 Å². The van der Waals surface area contributed by atoms with Crippen LogP contribution in [0.5, 0.6) is 0 Å².